The molecule has 1 saturated heterocycles. The molecule has 0 amide bonds. The number of rotatable bonds is 4. The molecule has 0 aliphatic carbocycles. The van der Waals surface area contributed by atoms with E-state index in [0.29, 0.717) is 17.9 Å². The Balaban J connectivity index is 2.07. The average Bonchev–Trinajstić information content (AvgIpc) is 2.81. The number of carbonyl (C=O) groups is 1. The molecule has 1 heterocycles. The van der Waals surface area contributed by atoms with Crippen LogP contribution in [0, 0.1) is 5.92 Å². The maximum absolute atomic E-state index is 12.0. The van der Waals surface area contributed by atoms with Crippen molar-refractivity contribution in [2.75, 3.05) is 19.3 Å². The van der Waals surface area contributed by atoms with Crippen molar-refractivity contribution in [2.45, 2.75) is 17.7 Å². The molecule has 0 bridgehead atoms. The second-order valence-electron chi connectivity index (χ2n) is 4.78. The monoisotopic (exact) mass is 267 g/mol. The van der Waals surface area contributed by atoms with Crippen molar-refractivity contribution in [3.05, 3.63) is 29.8 Å². The second kappa shape index (κ2) is 5.20. The van der Waals surface area contributed by atoms with E-state index in [1.165, 1.54) is 12.1 Å². The largest absolute Gasteiger partial charge is 0.316 e. The molecule has 2 rings (SSSR count). The van der Waals surface area contributed by atoms with Crippen LogP contribution in [0.5, 0.6) is 0 Å². The van der Waals surface area contributed by atoms with Crippen LogP contribution in [-0.4, -0.2) is 33.5 Å². The van der Waals surface area contributed by atoms with E-state index in [9.17, 15) is 13.2 Å². The zero-order chi connectivity index (χ0) is 13.2. The van der Waals surface area contributed by atoms with Crippen LogP contribution in [0.15, 0.2) is 29.2 Å². The number of ketones is 1. The van der Waals surface area contributed by atoms with E-state index in [-0.39, 0.29) is 10.7 Å². The third-order valence-electron chi connectivity index (χ3n) is 3.24. The lowest BCUT2D eigenvalue weighted by Crippen LogP contribution is -2.13. The van der Waals surface area contributed by atoms with Gasteiger partial charge in [0.2, 0.25) is 0 Å². The number of benzene rings is 1. The first-order valence-electron chi connectivity index (χ1n) is 6.01. The number of Topliss-reactive ketones (excluding diaryl/α,β-unsaturated/α-hetero) is 1. The van der Waals surface area contributed by atoms with Gasteiger partial charge in [0.05, 0.1) is 4.90 Å². The number of nitrogens with one attached hydrogen (secondary N) is 1. The first-order valence-corrected chi connectivity index (χ1v) is 7.90. The van der Waals surface area contributed by atoms with Crippen molar-refractivity contribution >= 4 is 15.6 Å². The van der Waals surface area contributed by atoms with Gasteiger partial charge in [-0.1, -0.05) is 12.1 Å². The van der Waals surface area contributed by atoms with Gasteiger partial charge in [-0.15, -0.1) is 0 Å². The molecule has 4 nitrogen and oxygen atoms in total. The van der Waals surface area contributed by atoms with Gasteiger partial charge in [-0.05, 0) is 37.6 Å². The topological polar surface area (TPSA) is 63.2 Å². The Morgan fingerprint density at radius 1 is 1.33 bits per heavy atom. The molecule has 1 aliphatic rings. The summed E-state index contributed by atoms with van der Waals surface area (Å²) >= 11 is 0. The number of carbonyl (C=O) groups excluding carboxylic acids is 1. The van der Waals surface area contributed by atoms with Gasteiger partial charge in [-0.3, -0.25) is 4.79 Å². The van der Waals surface area contributed by atoms with E-state index in [4.69, 9.17) is 0 Å². The Morgan fingerprint density at radius 2 is 2.00 bits per heavy atom. The highest BCUT2D eigenvalue weighted by atomic mass is 32.2. The highest BCUT2D eigenvalue weighted by Gasteiger charge is 2.19. The van der Waals surface area contributed by atoms with Gasteiger partial charge in [0.1, 0.15) is 0 Å². The summed E-state index contributed by atoms with van der Waals surface area (Å²) in [4.78, 5) is 12.2. The predicted octanol–water partition coefficient (Wildman–Crippen LogP) is 1.27. The molecule has 1 aliphatic heterocycles. The second-order valence-corrected chi connectivity index (χ2v) is 6.80. The molecule has 0 radical (unpaired) electrons. The van der Waals surface area contributed by atoms with E-state index in [2.05, 4.69) is 5.32 Å². The molecular weight excluding hydrogens is 250 g/mol. The van der Waals surface area contributed by atoms with Gasteiger partial charge >= 0.3 is 0 Å². The van der Waals surface area contributed by atoms with E-state index in [1.54, 1.807) is 12.1 Å². The average molecular weight is 267 g/mol. The zero-order valence-electron chi connectivity index (χ0n) is 10.3. The molecule has 1 fully saturated rings. The minimum absolute atomic E-state index is 0.0868. The summed E-state index contributed by atoms with van der Waals surface area (Å²) in [7, 11) is -3.19. The molecule has 1 atom stereocenters. The molecule has 1 unspecified atom stereocenters. The van der Waals surface area contributed by atoms with Crippen LogP contribution in [-0.2, 0) is 9.84 Å². The first-order chi connectivity index (χ1) is 8.47. The smallest absolute Gasteiger partial charge is 0.175 e. The standard InChI is InChI=1S/C13H17NO3S/c1-18(16,17)12-4-2-11(3-5-12)13(15)8-10-6-7-14-9-10/h2-5,10,14H,6-9H2,1H3. The molecule has 1 aromatic carbocycles. The lowest BCUT2D eigenvalue weighted by atomic mass is 9.98. The molecule has 0 aromatic heterocycles. The first kappa shape index (κ1) is 13.2. The summed E-state index contributed by atoms with van der Waals surface area (Å²) in [6.07, 6.45) is 2.73. The van der Waals surface area contributed by atoms with Crippen molar-refractivity contribution in [3.8, 4) is 0 Å². The number of hydrogen-bond acceptors (Lipinski definition) is 4. The Kier molecular flexibility index (Phi) is 3.82. The van der Waals surface area contributed by atoms with Gasteiger partial charge in [-0.2, -0.15) is 0 Å². The normalized spacial score (nSPS) is 19.9. The van der Waals surface area contributed by atoms with Crippen LogP contribution >= 0.6 is 0 Å². The Morgan fingerprint density at radius 3 is 2.50 bits per heavy atom. The maximum Gasteiger partial charge on any atom is 0.175 e. The minimum atomic E-state index is -3.19. The van der Waals surface area contributed by atoms with Gasteiger partial charge in [-0.25, -0.2) is 8.42 Å². The summed E-state index contributed by atoms with van der Waals surface area (Å²) in [6.45, 7) is 1.87. The lowest BCUT2D eigenvalue weighted by Gasteiger charge is -2.07. The molecule has 0 spiro atoms. The van der Waals surface area contributed by atoms with Crippen molar-refractivity contribution in [3.63, 3.8) is 0 Å². The Hall–Kier alpha value is -1.20. The summed E-state index contributed by atoms with van der Waals surface area (Å²) in [5, 5.41) is 3.23. The number of hydrogen-bond donors (Lipinski definition) is 1. The van der Waals surface area contributed by atoms with Crippen LogP contribution in [0.3, 0.4) is 0 Å². The summed E-state index contributed by atoms with van der Waals surface area (Å²) < 4.78 is 22.6. The van der Waals surface area contributed by atoms with E-state index < -0.39 is 9.84 Å². The van der Waals surface area contributed by atoms with Crippen molar-refractivity contribution in [1.82, 2.24) is 5.32 Å². The van der Waals surface area contributed by atoms with Crippen molar-refractivity contribution in [2.24, 2.45) is 5.92 Å². The summed E-state index contributed by atoms with van der Waals surface area (Å²) in [5.74, 6) is 0.496. The molecule has 0 saturated carbocycles. The molecule has 5 heteroatoms. The van der Waals surface area contributed by atoms with Crippen LogP contribution < -0.4 is 5.32 Å². The Labute approximate surface area is 107 Å². The van der Waals surface area contributed by atoms with Crippen LogP contribution in [0.25, 0.3) is 0 Å². The van der Waals surface area contributed by atoms with E-state index >= 15 is 0 Å². The fourth-order valence-electron chi connectivity index (χ4n) is 2.16. The molecule has 1 aromatic rings. The van der Waals surface area contributed by atoms with Gasteiger partial charge in [0.15, 0.2) is 15.6 Å². The Bertz CT molecular complexity index is 528. The third-order valence-corrected chi connectivity index (χ3v) is 4.37. The van der Waals surface area contributed by atoms with Crippen LogP contribution in [0.4, 0.5) is 0 Å². The number of sulfone groups is 1. The third kappa shape index (κ3) is 3.17. The van der Waals surface area contributed by atoms with E-state index in [1.807, 2.05) is 0 Å². The van der Waals surface area contributed by atoms with Gasteiger partial charge in [0.25, 0.3) is 0 Å². The summed E-state index contributed by atoms with van der Waals surface area (Å²) in [6, 6.07) is 6.19. The van der Waals surface area contributed by atoms with Crippen LogP contribution in [0.2, 0.25) is 0 Å². The quantitative estimate of drug-likeness (QED) is 0.835. The molecule has 18 heavy (non-hydrogen) atoms. The predicted molar refractivity (Wildman–Crippen MR) is 69.5 cm³/mol. The van der Waals surface area contributed by atoms with Crippen LogP contribution in [0.1, 0.15) is 23.2 Å². The fraction of sp³-hybridized carbons (Fsp3) is 0.462. The fourth-order valence-corrected chi connectivity index (χ4v) is 2.79. The highest BCUT2D eigenvalue weighted by molar-refractivity contribution is 7.90. The zero-order valence-corrected chi connectivity index (χ0v) is 11.2. The maximum atomic E-state index is 12.0. The van der Waals surface area contributed by atoms with Gasteiger partial charge < -0.3 is 5.32 Å². The van der Waals surface area contributed by atoms with Crippen molar-refractivity contribution < 1.29 is 13.2 Å². The lowest BCUT2D eigenvalue weighted by molar-refractivity contribution is 0.0964. The van der Waals surface area contributed by atoms with Crippen molar-refractivity contribution in [1.29, 1.82) is 0 Å². The highest BCUT2D eigenvalue weighted by Crippen LogP contribution is 2.17. The minimum Gasteiger partial charge on any atom is -0.316 e. The molecule has 1 N–H and O–H groups in total. The van der Waals surface area contributed by atoms with E-state index in [0.717, 1.165) is 25.8 Å². The SMILES string of the molecule is CS(=O)(=O)c1ccc(C(=O)CC2CCNC2)cc1. The molecule has 98 valence electrons. The molecular formula is C13H17NO3S. The van der Waals surface area contributed by atoms with Gasteiger partial charge in [0, 0.05) is 18.2 Å². The summed E-state index contributed by atoms with van der Waals surface area (Å²) in [5.41, 5.74) is 0.592.